The lowest BCUT2D eigenvalue weighted by Gasteiger charge is -2.29. The summed E-state index contributed by atoms with van der Waals surface area (Å²) in [6.45, 7) is 11.1. The SMILES string of the molecule is CC1=C(C)C(C)(Cc2ccc(F)cc2)C(C)=C1C. The lowest BCUT2D eigenvalue weighted by molar-refractivity contribution is 0.482. The van der Waals surface area contributed by atoms with Gasteiger partial charge >= 0.3 is 0 Å². The third-order valence-electron chi connectivity index (χ3n) is 4.81. The standard InChI is InChI=1S/C17H21F/c1-11-12(2)14(4)17(5,13(11)3)10-15-6-8-16(18)9-7-15/h6-9H,10H2,1-5H3. The number of halogens is 1. The summed E-state index contributed by atoms with van der Waals surface area (Å²) < 4.78 is 13.0. The zero-order chi connectivity index (χ0) is 13.5. The van der Waals surface area contributed by atoms with Gasteiger partial charge in [0.25, 0.3) is 0 Å². The van der Waals surface area contributed by atoms with Crippen molar-refractivity contribution in [1.29, 1.82) is 0 Å². The molecule has 0 unspecified atom stereocenters. The minimum absolute atomic E-state index is 0.0893. The van der Waals surface area contributed by atoms with Crippen molar-refractivity contribution in [2.75, 3.05) is 0 Å². The summed E-state index contributed by atoms with van der Waals surface area (Å²) in [7, 11) is 0. The van der Waals surface area contributed by atoms with Crippen LogP contribution in [0.15, 0.2) is 46.6 Å². The molecule has 18 heavy (non-hydrogen) atoms. The van der Waals surface area contributed by atoms with Crippen LogP contribution >= 0.6 is 0 Å². The van der Waals surface area contributed by atoms with Gasteiger partial charge in [-0.05, 0) is 63.0 Å². The highest BCUT2D eigenvalue weighted by molar-refractivity contribution is 5.50. The smallest absolute Gasteiger partial charge is 0.123 e. The molecule has 1 aliphatic rings. The highest BCUT2D eigenvalue weighted by atomic mass is 19.1. The van der Waals surface area contributed by atoms with Gasteiger partial charge in [0.1, 0.15) is 5.82 Å². The van der Waals surface area contributed by atoms with Gasteiger partial charge < -0.3 is 0 Å². The van der Waals surface area contributed by atoms with Crippen LogP contribution in [0.1, 0.15) is 40.2 Å². The molecule has 0 nitrogen and oxygen atoms in total. The van der Waals surface area contributed by atoms with Crippen LogP contribution in [0, 0.1) is 11.2 Å². The normalized spacial score (nSPS) is 18.8. The van der Waals surface area contributed by atoms with Gasteiger partial charge in [-0.3, -0.25) is 0 Å². The van der Waals surface area contributed by atoms with Crippen molar-refractivity contribution in [3.8, 4) is 0 Å². The zero-order valence-corrected chi connectivity index (χ0v) is 11.9. The van der Waals surface area contributed by atoms with Crippen LogP contribution in [0.25, 0.3) is 0 Å². The van der Waals surface area contributed by atoms with E-state index in [1.807, 2.05) is 12.1 Å². The monoisotopic (exact) mass is 244 g/mol. The van der Waals surface area contributed by atoms with Crippen molar-refractivity contribution in [3.63, 3.8) is 0 Å². The molecule has 0 atom stereocenters. The Morgan fingerprint density at radius 1 is 0.889 bits per heavy atom. The fourth-order valence-electron chi connectivity index (χ4n) is 2.95. The molecule has 0 aromatic heterocycles. The molecule has 0 aliphatic heterocycles. The van der Waals surface area contributed by atoms with E-state index in [2.05, 4.69) is 34.6 Å². The predicted molar refractivity (Wildman–Crippen MR) is 75.0 cm³/mol. The minimum Gasteiger partial charge on any atom is -0.207 e. The second-order valence-electron chi connectivity index (χ2n) is 5.64. The van der Waals surface area contributed by atoms with Gasteiger partial charge in [-0.25, -0.2) is 4.39 Å². The maximum Gasteiger partial charge on any atom is 0.123 e. The van der Waals surface area contributed by atoms with Crippen LogP contribution in [0.4, 0.5) is 4.39 Å². The molecule has 0 fully saturated rings. The van der Waals surface area contributed by atoms with Gasteiger partial charge in [0.15, 0.2) is 0 Å². The molecule has 96 valence electrons. The van der Waals surface area contributed by atoms with E-state index in [-0.39, 0.29) is 11.2 Å². The van der Waals surface area contributed by atoms with Gasteiger partial charge in [0.2, 0.25) is 0 Å². The number of hydrogen-bond acceptors (Lipinski definition) is 0. The average Bonchev–Trinajstić information content (AvgIpc) is 2.49. The molecule has 0 amide bonds. The summed E-state index contributed by atoms with van der Waals surface area (Å²) in [6, 6.07) is 6.88. The summed E-state index contributed by atoms with van der Waals surface area (Å²) in [5.41, 5.74) is 7.00. The van der Waals surface area contributed by atoms with Gasteiger partial charge in [-0.1, -0.05) is 30.2 Å². The lowest BCUT2D eigenvalue weighted by Crippen LogP contribution is -2.20. The first-order valence-electron chi connectivity index (χ1n) is 6.47. The van der Waals surface area contributed by atoms with Crippen molar-refractivity contribution >= 4 is 0 Å². The second-order valence-corrected chi connectivity index (χ2v) is 5.64. The van der Waals surface area contributed by atoms with E-state index in [1.165, 1.54) is 27.9 Å². The topological polar surface area (TPSA) is 0 Å². The third kappa shape index (κ3) is 1.92. The van der Waals surface area contributed by atoms with E-state index < -0.39 is 0 Å². The van der Waals surface area contributed by atoms with E-state index in [9.17, 15) is 4.39 Å². The molecule has 1 aromatic carbocycles. The summed E-state index contributed by atoms with van der Waals surface area (Å²) >= 11 is 0. The lowest BCUT2D eigenvalue weighted by atomic mass is 9.74. The van der Waals surface area contributed by atoms with Crippen molar-refractivity contribution in [3.05, 3.63) is 57.9 Å². The number of rotatable bonds is 2. The van der Waals surface area contributed by atoms with Crippen molar-refractivity contribution in [2.45, 2.75) is 41.0 Å². The summed E-state index contributed by atoms with van der Waals surface area (Å²) in [4.78, 5) is 0. The predicted octanol–water partition coefficient (Wildman–Crippen LogP) is 5.06. The molecule has 1 aliphatic carbocycles. The summed E-state index contributed by atoms with van der Waals surface area (Å²) in [6.07, 6.45) is 0.944. The highest BCUT2D eigenvalue weighted by Crippen LogP contribution is 2.48. The molecule has 2 rings (SSSR count). The van der Waals surface area contributed by atoms with Gasteiger partial charge in [-0.2, -0.15) is 0 Å². The van der Waals surface area contributed by atoms with Crippen molar-refractivity contribution in [2.24, 2.45) is 5.41 Å². The fraction of sp³-hybridized carbons (Fsp3) is 0.412. The minimum atomic E-state index is -0.165. The number of benzene rings is 1. The maximum absolute atomic E-state index is 13.0. The Kier molecular flexibility index (Phi) is 3.18. The van der Waals surface area contributed by atoms with Crippen LogP contribution in [0.5, 0.6) is 0 Å². The largest absolute Gasteiger partial charge is 0.207 e. The van der Waals surface area contributed by atoms with Gasteiger partial charge in [-0.15, -0.1) is 0 Å². The Bertz CT molecular complexity index is 505. The average molecular weight is 244 g/mol. The first-order valence-corrected chi connectivity index (χ1v) is 6.47. The molecule has 0 bridgehead atoms. The molecule has 0 saturated heterocycles. The third-order valence-corrected chi connectivity index (χ3v) is 4.81. The molecule has 1 aromatic rings. The van der Waals surface area contributed by atoms with Crippen molar-refractivity contribution in [1.82, 2.24) is 0 Å². The molecular formula is C17H21F. The Balaban J connectivity index is 2.37. The first kappa shape index (κ1) is 13.1. The van der Waals surface area contributed by atoms with E-state index in [1.54, 1.807) is 12.1 Å². The number of allylic oxidation sites excluding steroid dienone is 4. The van der Waals surface area contributed by atoms with Crippen LogP contribution < -0.4 is 0 Å². The van der Waals surface area contributed by atoms with Gasteiger partial charge in [0.05, 0.1) is 0 Å². The maximum atomic E-state index is 13.0. The Morgan fingerprint density at radius 3 is 1.78 bits per heavy atom. The van der Waals surface area contributed by atoms with Gasteiger partial charge in [0, 0.05) is 5.41 Å². The van der Waals surface area contributed by atoms with Crippen LogP contribution in [0.3, 0.4) is 0 Å². The summed E-state index contributed by atoms with van der Waals surface area (Å²) in [5.74, 6) is -0.165. The van der Waals surface area contributed by atoms with E-state index in [4.69, 9.17) is 0 Å². The van der Waals surface area contributed by atoms with E-state index in [0.29, 0.717) is 0 Å². The van der Waals surface area contributed by atoms with E-state index in [0.717, 1.165) is 6.42 Å². The zero-order valence-electron chi connectivity index (χ0n) is 11.9. The molecule has 0 radical (unpaired) electrons. The fourth-order valence-corrected chi connectivity index (χ4v) is 2.95. The van der Waals surface area contributed by atoms with E-state index >= 15 is 0 Å². The molecule has 0 saturated carbocycles. The Morgan fingerprint density at radius 2 is 1.33 bits per heavy atom. The van der Waals surface area contributed by atoms with Crippen LogP contribution in [-0.4, -0.2) is 0 Å². The number of hydrogen-bond donors (Lipinski definition) is 0. The van der Waals surface area contributed by atoms with Crippen LogP contribution in [-0.2, 0) is 6.42 Å². The first-order chi connectivity index (χ1) is 8.36. The van der Waals surface area contributed by atoms with Crippen molar-refractivity contribution < 1.29 is 4.39 Å². The molecule has 0 heterocycles. The van der Waals surface area contributed by atoms with Crippen LogP contribution in [0.2, 0.25) is 0 Å². The Hall–Kier alpha value is -1.37. The second kappa shape index (κ2) is 4.38. The quantitative estimate of drug-likeness (QED) is 0.682. The molecule has 1 heteroatoms. The molecule has 0 spiro atoms. The Labute approximate surface area is 109 Å². The summed E-state index contributed by atoms with van der Waals surface area (Å²) in [5, 5.41) is 0. The molecular weight excluding hydrogens is 223 g/mol. The highest BCUT2D eigenvalue weighted by Gasteiger charge is 2.35. The molecule has 0 N–H and O–H groups in total.